The SMILES string of the molecule is CC(C)(C)OC(=O)N1CCN(c2cnn3cc(-c4cnn(CCCN5CCOCC5)c4)ccc23)CC1C(C)(C)C. The van der Waals surface area contributed by atoms with Crippen molar-refractivity contribution in [2.45, 2.75) is 66.2 Å². The summed E-state index contributed by atoms with van der Waals surface area (Å²) >= 11 is 0. The number of piperazine rings is 1. The minimum absolute atomic E-state index is 0.0133. The summed E-state index contributed by atoms with van der Waals surface area (Å²) in [5.41, 5.74) is 3.70. The van der Waals surface area contributed by atoms with E-state index in [1.807, 2.05) is 47.3 Å². The summed E-state index contributed by atoms with van der Waals surface area (Å²) in [5.74, 6) is 0. The van der Waals surface area contributed by atoms with Gasteiger partial charge in [-0.2, -0.15) is 10.2 Å². The first kappa shape index (κ1) is 28.4. The molecule has 2 fully saturated rings. The third kappa shape index (κ3) is 6.61. The van der Waals surface area contributed by atoms with E-state index in [1.54, 1.807) is 0 Å². The van der Waals surface area contributed by atoms with E-state index in [4.69, 9.17) is 14.6 Å². The van der Waals surface area contributed by atoms with Crippen molar-refractivity contribution in [1.82, 2.24) is 29.2 Å². The van der Waals surface area contributed by atoms with Crippen LogP contribution in [0.4, 0.5) is 10.5 Å². The average molecular weight is 552 g/mol. The number of rotatable bonds is 6. The van der Waals surface area contributed by atoms with Gasteiger partial charge in [0.25, 0.3) is 0 Å². The van der Waals surface area contributed by atoms with E-state index in [0.29, 0.717) is 6.54 Å². The van der Waals surface area contributed by atoms with E-state index in [-0.39, 0.29) is 17.6 Å². The second kappa shape index (κ2) is 11.4. The number of pyridine rings is 1. The van der Waals surface area contributed by atoms with Crippen LogP contribution in [0.1, 0.15) is 48.0 Å². The van der Waals surface area contributed by atoms with Crippen molar-refractivity contribution in [2.24, 2.45) is 5.41 Å². The predicted octanol–water partition coefficient (Wildman–Crippen LogP) is 4.39. The Hall–Kier alpha value is -3.11. The molecule has 3 aromatic heterocycles. The minimum atomic E-state index is -0.518. The number of hydrogen-bond donors (Lipinski definition) is 0. The highest BCUT2D eigenvalue weighted by atomic mass is 16.6. The van der Waals surface area contributed by atoms with Crippen LogP contribution in [0.5, 0.6) is 0 Å². The third-order valence-electron chi connectivity index (χ3n) is 7.78. The van der Waals surface area contributed by atoms with Crippen LogP contribution in [0.3, 0.4) is 0 Å². The highest BCUT2D eigenvalue weighted by Crippen LogP contribution is 2.33. The fraction of sp³-hybridized carbons (Fsp3) is 0.633. The van der Waals surface area contributed by atoms with Gasteiger partial charge >= 0.3 is 6.09 Å². The van der Waals surface area contributed by atoms with E-state index in [2.05, 4.69) is 60.2 Å². The summed E-state index contributed by atoms with van der Waals surface area (Å²) in [4.78, 5) is 19.8. The van der Waals surface area contributed by atoms with Crippen LogP contribution in [-0.2, 0) is 16.0 Å². The van der Waals surface area contributed by atoms with Gasteiger partial charge in [0.05, 0.1) is 42.9 Å². The monoisotopic (exact) mass is 551 g/mol. The Bertz CT molecular complexity index is 1300. The molecule has 0 saturated carbocycles. The van der Waals surface area contributed by atoms with E-state index in [0.717, 1.165) is 81.2 Å². The number of carbonyl (C=O) groups excluding carboxylic acids is 1. The fourth-order valence-electron chi connectivity index (χ4n) is 5.58. The molecule has 3 aromatic rings. The molecule has 5 rings (SSSR count). The number of hydrogen-bond acceptors (Lipinski definition) is 7. The summed E-state index contributed by atoms with van der Waals surface area (Å²) in [6, 6.07) is 4.30. The van der Waals surface area contributed by atoms with Gasteiger partial charge in [-0.25, -0.2) is 9.31 Å². The molecule has 1 unspecified atom stereocenters. The zero-order valence-electron chi connectivity index (χ0n) is 25.0. The van der Waals surface area contributed by atoms with Crippen molar-refractivity contribution in [3.8, 4) is 11.1 Å². The van der Waals surface area contributed by atoms with Gasteiger partial charge in [-0.15, -0.1) is 0 Å². The highest BCUT2D eigenvalue weighted by Gasteiger charge is 2.40. The van der Waals surface area contributed by atoms with Crippen LogP contribution in [0, 0.1) is 5.41 Å². The molecule has 5 heterocycles. The van der Waals surface area contributed by atoms with Crippen molar-refractivity contribution < 1.29 is 14.3 Å². The number of ether oxygens (including phenoxy) is 2. The largest absolute Gasteiger partial charge is 0.444 e. The highest BCUT2D eigenvalue weighted by molar-refractivity contribution is 5.76. The van der Waals surface area contributed by atoms with Gasteiger partial charge in [0.2, 0.25) is 0 Å². The Labute approximate surface area is 237 Å². The van der Waals surface area contributed by atoms with Gasteiger partial charge in [0.15, 0.2) is 0 Å². The molecule has 0 radical (unpaired) electrons. The second-order valence-electron chi connectivity index (χ2n) is 13.1. The van der Waals surface area contributed by atoms with E-state index in [9.17, 15) is 4.79 Å². The maximum Gasteiger partial charge on any atom is 0.410 e. The van der Waals surface area contributed by atoms with Crippen molar-refractivity contribution in [3.05, 3.63) is 36.9 Å². The summed E-state index contributed by atoms with van der Waals surface area (Å²) in [6.07, 6.45) is 8.90. The number of aryl methyl sites for hydroxylation is 1. The molecule has 10 heteroatoms. The molecule has 2 saturated heterocycles. The maximum atomic E-state index is 13.0. The lowest BCUT2D eigenvalue weighted by Crippen LogP contribution is -2.60. The number of fused-ring (bicyclic) bond motifs is 1. The van der Waals surface area contributed by atoms with E-state index < -0.39 is 5.60 Å². The number of anilines is 1. The van der Waals surface area contributed by atoms with Crippen molar-refractivity contribution in [1.29, 1.82) is 0 Å². The smallest absolute Gasteiger partial charge is 0.410 e. The number of carbonyl (C=O) groups is 1. The molecule has 10 nitrogen and oxygen atoms in total. The van der Waals surface area contributed by atoms with Crippen molar-refractivity contribution >= 4 is 17.3 Å². The number of nitrogens with zero attached hydrogens (tertiary/aromatic N) is 7. The lowest BCUT2D eigenvalue weighted by molar-refractivity contribution is -0.000611. The normalized spacial score (nSPS) is 19.4. The first-order chi connectivity index (χ1) is 19.0. The van der Waals surface area contributed by atoms with Crippen LogP contribution in [0.2, 0.25) is 0 Å². The molecule has 0 spiro atoms. The molecule has 2 aliphatic heterocycles. The van der Waals surface area contributed by atoms with Crippen LogP contribution >= 0.6 is 0 Å². The molecule has 0 aromatic carbocycles. The zero-order valence-corrected chi connectivity index (χ0v) is 25.0. The Morgan fingerprint density at radius 1 is 0.950 bits per heavy atom. The van der Waals surface area contributed by atoms with E-state index in [1.165, 1.54) is 0 Å². The van der Waals surface area contributed by atoms with Crippen LogP contribution in [0.15, 0.2) is 36.9 Å². The molecule has 0 N–H and O–H groups in total. The quantitative estimate of drug-likeness (QED) is 0.450. The number of morpholine rings is 1. The standard InChI is InChI=1S/C30H45N7O3/c1-29(2,3)27-22-34(12-13-36(27)28(38)40-30(4,5)6)26-19-32-37-21-23(8-9-25(26)37)24-18-31-35(20-24)11-7-10-33-14-16-39-17-15-33/h8-9,18-21,27H,7,10-17,22H2,1-6H3. The average Bonchev–Trinajstić information content (AvgIpc) is 3.54. The topological polar surface area (TPSA) is 80.4 Å². The van der Waals surface area contributed by atoms with Crippen molar-refractivity contribution in [3.63, 3.8) is 0 Å². The van der Waals surface area contributed by atoms with Gasteiger partial charge in [-0.1, -0.05) is 26.8 Å². The number of aromatic nitrogens is 4. The summed E-state index contributed by atoms with van der Waals surface area (Å²) in [6.45, 7) is 20.0. The molecule has 0 aliphatic carbocycles. The Morgan fingerprint density at radius 2 is 1.73 bits per heavy atom. The second-order valence-corrected chi connectivity index (χ2v) is 13.1. The Morgan fingerprint density at radius 3 is 2.45 bits per heavy atom. The lowest BCUT2D eigenvalue weighted by Gasteiger charge is -2.47. The lowest BCUT2D eigenvalue weighted by atomic mass is 9.84. The van der Waals surface area contributed by atoms with Gasteiger partial charge in [-0.05, 0) is 38.7 Å². The molecule has 1 amide bonds. The summed E-state index contributed by atoms with van der Waals surface area (Å²) in [7, 11) is 0. The molecular formula is C30H45N7O3. The molecule has 0 bridgehead atoms. The maximum absolute atomic E-state index is 13.0. The molecule has 40 heavy (non-hydrogen) atoms. The molecule has 2 aliphatic rings. The molecule has 1 atom stereocenters. The van der Waals surface area contributed by atoms with Gasteiger partial charge in [0, 0.05) is 69.3 Å². The summed E-state index contributed by atoms with van der Waals surface area (Å²) < 4.78 is 15.2. The summed E-state index contributed by atoms with van der Waals surface area (Å²) in [5, 5.41) is 9.31. The third-order valence-corrected chi connectivity index (χ3v) is 7.78. The first-order valence-electron chi connectivity index (χ1n) is 14.5. The van der Waals surface area contributed by atoms with Crippen LogP contribution in [0.25, 0.3) is 16.6 Å². The fourth-order valence-corrected chi connectivity index (χ4v) is 5.58. The van der Waals surface area contributed by atoms with Crippen molar-refractivity contribution in [2.75, 3.05) is 57.4 Å². The van der Waals surface area contributed by atoms with E-state index >= 15 is 0 Å². The Kier molecular flexibility index (Phi) is 8.10. The Balaban J connectivity index is 1.26. The van der Waals surface area contributed by atoms with Gasteiger partial charge < -0.3 is 19.3 Å². The molecular weight excluding hydrogens is 506 g/mol. The zero-order chi connectivity index (χ0) is 28.5. The molecule has 218 valence electrons. The number of amides is 1. The van der Waals surface area contributed by atoms with Crippen LogP contribution in [-0.4, -0.2) is 99.4 Å². The predicted molar refractivity (Wildman–Crippen MR) is 157 cm³/mol. The minimum Gasteiger partial charge on any atom is -0.444 e. The first-order valence-corrected chi connectivity index (χ1v) is 14.5. The van der Waals surface area contributed by atoms with Gasteiger partial charge in [-0.3, -0.25) is 9.58 Å². The van der Waals surface area contributed by atoms with Crippen LogP contribution < -0.4 is 4.90 Å². The van der Waals surface area contributed by atoms with Gasteiger partial charge in [0.1, 0.15) is 5.60 Å².